The van der Waals surface area contributed by atoms with Gasteiger partial charge >= 0.3 is 0 Å². The topological polar surface area (TPSA) is 47.0 Å². The number of nitrogens with zero attached hydrogens (tertiary/aromatic N) is 2. The number of halogens is 1. The first-order chi connectivity index (χ1) is 9.72. The molecule has 1 aromatic heterocycles. The van der Waals surface area contributed by atoms with Gasteiger partial charge in [-0.05, 0) is 38.0 Å². The molecule has 104 valence electrons. The molecule has 1 unspecified atom stereocenters. The number of ether oxygens (including phenoxy) is 1. The van der Waals surface area contributed by atoms with Gasteiger partial charge in [0, 0.05) is 22.5 Å². The number of anilines is 1. The molecule has 0 aliphatic carbocycles. The molecule has 1 atom stereocenters. The standard InChI is InChI=1S/C15H16ClN3O/c1-10-6-7-17-15(18-10)19-13-3-2-8-20-14-9-11(16)4-5-12(13)14/h4-7,9,13H,2-3,8H2,1H3,(H,17,18,19). The molecule has 0 bridgehead atoms. The number of nitrogens with one attached hydrogen (secondary N) is 1. The lowest BCUT2D eigenvalue weighted by atomic mass is 10.0. The Hall–Kier alpha value is -1.81. The zero-order chi connectivity index (χ0) is 13.9. The maximum atomic E-state index is 6.03. The fourth-order valence-corrected chi connectivity index (χ4v) is 2.53. The van der Waals surface area contributed by atoms with E-state index in [0.29, 0.717) is 17.6 Å². The van der Waals surface area contributed by atoms with E-state index in [9.17, 15) is 0 Å². The molecule has 0 spiro atoms. The highest BCUT2D eigenvalue weighted by Gasteiger charge is 2.20. The Morgan fingerprint density at radius 2 is 2.25 bits per heavy atom. The molecule has 3 rings (SSSR count). The van der Waals surface area contributed by atoms with Crippen molar-refractivity contribution in [2.75, 3.05) is 11.9 Å². The van der Waals surface area contributed by atoms with E-state index in [0.717, 1.165) is 29.8 Å². The highest BCUT2D eigenvalue weighted by Crippen LogP contribution is 2.35. The fraction of sp³-hybridized carbons (Fsp3) is 0.333. The monoisotopic (exact) mass is 289 g/mol. The molecule has 0 saturated heterocycles. The first kappa shape index (κ1) is 13.2. The van der Waals surface area contributed by atoms with Crippen LogP contribution in [0.15, 0.2) is 30.5 Å². The van der Waals surface area contributed by atoms with Crippen LogP contribution in [-0.2, 0) is 0 Å². The van der Waals surface area contributed by atoms with Gasteiger partial charge in [0.2, 0.25) is 5.95 Å². The minimum Gasteiger partial charge on any atom is -0.493 e. The second kappa shape index (κ2) is 5.67. The first-order valence-corrected chi connectivity index (χ1v) is 7.08. The summed E-state index contributed by atoms with van der Waals surface area (Å²) in [5.41, 5.74) is 2.06. The zero-order valence-electron chi connectivity index (χ0n) is 11.3. The van der Waals surface area contributed by atoms with Gasteiger partial charge in [-0.1, -0.05) is 17.7 Å². The summed E-state index contributed by atoms with van der Waals surface area (Å²) in [5.74, 6) is 1.50. The average molecular weight is 290 g/mol. The van der Waals surface area contributed by atoms with Gasteiger partial charge in [0.1, 0.15) is 5.75 Å². The predicted molar refractivity (Wildman–Crippen MR) is 79.3 cm³/mol. The lowest BCUT2D eigenvalue weighted by Gasteiger charge is -2.18. The summed E-state index contributed by atoms with van der Waals surface area (Å²) in [6.07, 6.45) is 3.72. The lowest BCUT2D eigenvalue weighted by Crippen LogP contribution is -2.12. The van der Waals surface area contributed by atoms with Crippen molar-refractivity contribution in [2.45, 2.75) is 25.8 Å². The van der Waals surface area contributed by atoms with E-state index in [4.69, 9.17) is 16.3 Å². The molecular formula is C15H16ClN3O. The Balaban J connectivity index is 1.90. The fourth-order valence-electron chi connectivity index (χ4n) is 2.37. The van der Waals surface area contributed by atoms with Crippen LogP contribution in [0.4, 0.5) is 5.95 Å². The van der Waals surface area contributed by atoms with Crippen LogP contribution in [0.2, 0.25) is 5.02 Å². The van der Waals surface area contributed by atoms with Crippen LogP contribution in [-0.4, -0.2) is 16.6 Å². The quantitative estimate of drug-likeness (QED) is 0.914. The molecule has 0 amide bonds. The number of hydrogen-bond acceptors (Lipinski definition) is 4. The van der Waals surface area contributed by atoms with E-state index in [1.165, 1.54) is 0 Å². The van der Waals surface area contributed by atoms with Crippen LogP contribution in [0.1, 0.15) is 30.1 Å². The average Bonchev–Trinajstić information content (AvgIpc) is 2.61. The summed E-state index contributed by atoms with van der Waals surface area (Å²) < 4.78 is 5.76. The van der Waals surface area contributed by atoms with E-state index < -0.39 is 0 Å². The van der Waals surface area contributed by atoms with Crippen molar-refractivity contribution in [3.63, 3.8) is 0 Å². The van der Waals surface area contributed by atoms with E-state index in [-0.39, 0.29) is 6.04 Å². The highest BCUT2D eigenvalue weighted by molar-refractivity contribution is 6.30. The third-order valence-electron chi connectivity index (χ3n) is 3.34. The largest absolute Gasteiger partial charge is 0.493 e. The molecule has 4 nitrogen and oxygen atoms in total. The maximum absolute atomic E-state index is 6.03. The molecular weight excluding hydrogens is 274 g/mol. The van der Waals surface area contributed by atoms with Gasteiger partial charge in [-0.3, -0.25) is 0 Å². The number of fused-ring (bicyclic) bond motifs is 1. The third-order valence-corrected chi connectivity index (χ3v) is 3.58. The van der Waals surface area contributed by atoms with Crippen LogP contribution in [0, 0.1) is 6.92 Å². The minimum absolute atomic E-state index is 0.145. The van der Waals surface area contributed by atoms with Gasteiger partial charge in [-0.25, -0.2) is 9.97 Å². The van der Waals surface area contributed by atoms with Gasteiger partial charge in [-0.2, -0.15) is 0 Å². The molecule has 1 aliphatic rings. The lowest BCUT2D eigenvalue weighted by molar-refractivity contribution is 0.316. The summed E-state index contributed by atoms with van der Waals surface area (Å²) in [6, 6.07) is 7.80. The summed E-state index contributed by atoms with van der Waals surface area (Å²) in [5, 5.41) is 4.08. The highest BCUT2D eigenvalue weighted by atomic mass is 35.5. The summed E-state index contributed by atoms with van der Waals surface area (Å²) in [7, 11) is 0. The maximum Gasteiger partial charge on any atom is 0.223 e. The Bertz CT molecular complexity index is 618. The molecule has 20 heavy (non-hydrogen) atoms. The normalized spacial score (nSPS) is 17.8. The number of rotatable bonds is 2. The van der Waals surface area contributed by atoms with Crippen LogP contribution in [0.5, 0.6) is 5.75 Å². The Kier molecular flexibility index (Phi) is 3.74. The molecule has 1 aromatic carbocycles. The van der Waals surface area contributed by atoms with Crippen molar-refractivity contribution in [1.82, 2.24) is 9.97 Å². The number of aromatic nitrogens is 2. The Morgan fingerprint density at radius 1 is 1.35 bits per heavy atom. The van der Waals surface area contributed by atoms with Crippen molar-refractivity contribution < 1.29 is 4.74 Å². The zero-order valence-corrected chi connectivity index (χ0v) is 12.0. The number of benzene rings is 1. The van der Waals surface area contributed by atoms with Crippen LogP contribution >= 0.6 is 11.6 Å². The van der Waals surface area contributed by atoms with Crippen LogP contribution in [0.25, 0.3) is 0 Å². The molecule has 0 radical (unpaired) electrons. The van der Waals surface area contributed by atoms with Gasteiger partial charge in [0.05, 0.1) is 12.6 Å². The van der Waals surface area contributed by atoms with Gasteiger partial charge in [0.15, 0.2) is 0 Å². The Labute approximate surface area is 123 Å². The summed E-state index contributed by atoms with van der Waals surface area (Å²) in [4.78, 5) is 8.66. The molecule has 2 heterocycles. The van der Waals surface area contributed by atoms with Crippen LogP contribution in [0.3, 0.4) is 0 Å². The molecule has 0 fully saturated rings. The second-order valence-corrected chi connectivity index (χ2v) is 5.33. The number of aryl methyl sites for hydroxylation is 1. The molecule has 2 aromatic rings. The van der Waals surface area contributed by atoms with Crippen molar-refractivity contribution in [1.29, 1.82) is 0 Å². The van der Waals surface area contributed by atoms with Crippen molar-refractivity contribution in [2.24, 2.45) is 0 Å². The van der Waals surface area contributed by atoms with Gasteiger partial charge in [0.25, 0.3) is 0 Å². The molecule has 1 N–H and O–H groups in total. The van der Waals surface area contributed by atoms with E-state index >= 15 is 0 Å². The molecule has 1 aliphatic heterocycles. The third kappa shape index (κ3) is 2.85. The summed E-state index contributed by atoms with van der Waals surface area (Å²) in [6.45, 7) is 2.66. The van der Waals surface area contributed by atoms with Crippen molar-refractivity contribution in [3.8, 4) is 5.75 Å². The molecule has 0 saturated carbocycles. The smallest absolute Gasteiger partial charge is 0.223 e. The minimum atomic E-state index is 0.145. The summed E-state index contributed by atoms with van der Waals surface area (Å²) >= 11 is 6.03. The second-order valence-electron chi connectivity index (χ2n) is 4.89. The number of hydrogen-bond donors (Lipinski definition) is 1. The van der Waals surface area contributed by atoms with Crippen LogP contribution < -0.4 is 10.1 Å². The molecule has 5 heteroatoms. The van der Waals surface area contributed by atoms with Crippen molar-refractivity contribution in [3.05, 3.63) is 46.7 Å². The van der Waals surface area contributed by atoms with E-state index in [1.54, 1.807) is 6.20 Å². The Morgan fingerprint density at radius 3 is 3.10 bits per heavy atom. The van der Waals surface area contributed by atoms with E-state index in [1.807, 2.05) is 31.2 Å². The SMILES string of the molecule is Cc1ccnc(NC2CCCOc3cc(Cl)ccc32)n1. The van der Waals surface area contributed by atoms with Gasteiger partial charge < -0.3 is 10.1 Å². The van der Waals surface area contributed by atoms with E-state index in [2.05, 4.69) is 15.3 Å². The first-order valence-electron chi connectivity index (χ1n) is 6.71. The predicted octanol–water partition coefficient (Wildman–Crippen LogP) is 3.76. The van der Waals surface area contributed by atoms with Crippen molar-refractivity contribution >= 4 is 17.5 Å². The van der Waals surface area contributed by atoms with Gasteiger partial charge in [-0.15, -0.1) is 0 Å².